The molecule has 5 nitrogen and oxygen atoms in total. The summed E-state index contributed by atoms with van der Waals surface area (Å²) in [5.74, 6) is 1.30. The Morgan fingerprint density at radius 3 is 2.88 bits per heavy atom. The van der Waals surface area contributed by atoms with E-state index in [9.17, 15) is 4.79 Å². The molecule has 2 heterocycles. The van der Waals surface area contributed by atoms with Gasteiger partial charge in [0.1, 0.15) is 6.10 Å². The lowest BCUT2D eigenvalue weighted by Gasteiger charge is -2.37. The van der Waals surface area contributed by atoms with Crippen LogP contribution in [0.2, 0.25) is 10.0 Å². The van der Waals surface area contributed by atoms with E-state index < -0.39 is 5.97 Å². The summed E-state index contributed by atoms with van der Waals surface area (Å²) >= 11 is 12.0. The van der Waals surface area contributed by atoms with Gasteiger partial charge in [0.05, 0.1) is 34.7 Å². The number of rotatable bonds is 4. The van der Waals surface area contributed by atoms with Crippen LogP contribution in [-0.4, -0.2) is 44.3 Å². The molecule has 5 rings (SSSR count). The molecular weight excluding hydrogens is 449 g/mol. The summed E-state index contributed by atoms with van der Waals surface area (Å²) < 4.78 is 17.7. The number of halogens is 2. The number of carbonyl (C=O) groups is 1. The van der Waals surface area contributed by atoms with Gasteiger partial charge in [-0.1, -0.05) is 41.4 Å². The molecule has 0 aromatic heterocycles. The van der Waals surface area contributed by atoms with E-state index >= 15 is 0 Å². The van der Waals surface area contributed by atoms with E-state index in [0.29, 0.717) is 15.6 Å². The summed E-state index contributed by atoms with van der Waals surface area (Å²) in [6.07, 6.45) is 6.20. The van der Waals surface area contributed by atoms with Crippen molar-refractivity contribution in [3.05, 3.63) is 69.2 Å². The van der Waals surface area contributed by atoms with E-state index in [2.05, 4.69) is 30.2 Å². The number of nitrogens with zero attached hydrogens (tertiary/aromatic N) is 1. The summed E-state index contributed by atoms with van der Waals surface area (Å²) in [5, 5.41) is 0.742. The van der Waals surface area contributed by atoms with Crippen LogP contribution in [0.3, 0.4) is 0 Å². The third-order valence-corrected chi connectivity index (χ3v) is 7.58. The Kier molecular flexibility index (Phi) is 5.60. The van der Waals surface area contributed by atoms with Gasteiger partial charge in [-0.05, 0) is 56.3 Å². The van der Waals surface area contributed by atoms with Crippen molar-refractivity contribution in [3.63, 3.8) is 0 Å². The first-order valence-corrected chi connectivity index (χ1v) is 11.5. The van der Waals surface area contributed by atoms with Crippen molar-refractivity contribution < 1.29 is 19.0 Å². The van der Waals surface area contributed by atoms with Crippen LogP contribution in [-0.2, 0) is 16.7 Å². The molecule has 0 saturated carbocycles. The lowest BCUT2D eigenvalue weighted by molar-refractivity contribution is 0.0401. The molecule has 2 aromatic carbocycles. The molecule has 0 amide bonds. The van der Waals surface area contributed by atoms with Crippen LogP contribution in [0.5, 0.6) is 11.5 Å². The molecule has 0 bridgehead atoms. The van der Waals surface area contributed by atoms with E-state index in [1.54, 1.807) is 19.2 Å². The van der Waals surface area contributed by atoms with Gasteiger partial charge in [0.2, 0.25) is 0 Å². The minimum absolute atomic E-state index is 0.0160. The van der Waals surface area contributed by atoms with Crippen molar-refractivity contribution in [3.8, 4) is 11.5 Å². The number of hydrogen-bond donors (Lipinski definition) is 0. The quantitative estimate of drug-likeness (QED) is 0.447. The maximum absolute atomic E-state index is 12.5. The lowest BCUT2D eigenvalue weighted by Crippen LogP contribution is -2.42. The van der Waals surface area contributed by atoms with Gasteiger partial charge in [0.15, 0.2) is 11.5 Å². The van der Waals surface area contributed by atoms with E-state index in [1.807, 2.05) is 6.07 Å². The van der Waals surface area contributed by atoms with Crippen LogP contribution in [0.25, 0.3) is 0 Å². The van der Waals surface area contributed by atoms with Crippen molar-refractivity contribution in [2.45, 2.75) is 30.9 Å². The van der Waals surface area contributed by atoms with Crippen molar-refractivity contribution in [2.24, 2.45) is 5.92 Å². The zero-order valence-corrected chi connectivity index (χ0v) is 19.6. The normalized spacial score (nSPS) is 26.0. The first-order chi connectivity index (χ1) is 15.4. The Balaban J connectivity index is 1.37. The summed E-state index contributed by atoms with van der Waals surface area (Å²) in [5.41, 5.74) is 2.77. The number of methoxy groups -OCH3 is 1. The zero-order valence-electron chi connectivity index (χ0n) is 18.1. The van der Waals surface area contributed by atoms with Crippen LogP contribution < -0.4 is 9.47 Å². The van der Waals surface area contributed by atoms with E-state index in [-0.39, 0.29) is 24.0 Å². The predicted molar refractivity (Wildman–Crippen MR) is 124 cm³/mol. The van der Waals surface area contributed by atoms with Gasteiger partial charge in [-0.2, -0.15) is 0 Å². The first-order valence-electron chi connectivity index (χ1n) is 10.8. The van der Waals surface area contributed by atoms with E-state index in [1.165, 1.54) is 17.2 Å². The second-order valence-electron chi connectivity index (χ2n) is 8.85. The van der Waals surface area contributed by atoms with Gasteiger partial charge in [0, 0.05) is 18.0 Å². The smallest absolute Gasteiger partial charge is 0.338 e. The van der Waals surface area contributed by atoms with Gasteiger partial charge in [-0.3, -0.25) is 0 Å². The summed E-state index contributed by atoms with van der Waals surface area (Å²) in [6.45, 7) is 2.16. The van der Waals surface area contributed by atoms with Crippen molar-refractivity contribution in [2.75, 3.05) is 27.3 Å². The number of benzene rings is 2. The maximum Gasteiger partial charge on any atom is 0.338 e. The van der Waals surface area contributed by atoms with Crippen molar-refractivity contribution >= 4 is 29.2 Å². The summed E-state index contributed by atoms with van der Waals surface area (Å²) in [7, 11) is 3.84. The molecule has 3 aliphatic rings. The molecule has 1 aliphatic carbocycles. The molecule has 1 spiro atoms. The minimum atomic E-state index is -0.409. The number of ether oxygens (including phenoxy) is 3. The van der Waals surface area contributed by atoms with Gasteiger partial charge in [-0.25, -0.2) is 4.79 Å². The minimum Gasteiger partial charge on any atom is -0.493 e. The SMILES string of the molecule is COc1ccc2c3c1OC1C[C@@H](COC(=O)c4ccc(Cl)c(Cl)c4)C=C[C@@]31CCN(C)C2. The molecule has 1 unspecified atom stereocenters. The van der Waals surface area contributed by atoms with Crippen LogP contribution in [0.15, 0.2) is 42.5 Å². The molecule has 7 heteroatoms. The molecule has 168 valence electrons. The van der Waals surface area contributed by atoms with Crippen LogP contribution >= 0.6 is 23.2 Å². The van der Waals surface area contributed by atoms with E-state index in [4.69, 9.17) is 37.4 Å². The zero-order chi connectivity index (χ0) is 22.5. The summed E-state index contributed by atoms with van der Waals surface area (Å²) in [4.78, 5) is 14.8. The van der Waals surface area contributed by atoms with Crippen LogP contribution in [0.4, 0.5) is 0 Å². The second-order valence-corrected chi connectivity index (χ2v) is 9.66. The largest absolute Gasteiger partial charge is 0.493 e. The molecule has 2 aromatic rings. The highest BCUT2D eigenvalue weighted by Crippen LogP contribution is 2.56. The molecule has 0 fully saturated rings. The highest BCUT2D eigenvalue weighted by molar-refractivity contribution is 6.42. The van der Waals surface area contributed by atoms with Crippen molar-refractivity contribution in [1.29, 1.82) is 0 Å². The maximum atomic E-state index is 12.5. The molecular formula is C25H25Cl2NO4. The predicted octanol–water partition coefficient (Wildman–Crippen LogP) is 5.27. The topological polar surface area (TPSA) is 48.0 Å². The Hall–Kier alpha value is -2.21. The molecule has 3 atom stereocenters. The van der Waals surface area contributed by atoms with Crippen molar-refractivity contribution in [1.82, 2.24) is 4.90 Å². The van der Waals surface area contributed by atoms with Gasteiger partial charge in [-0.15, -0.1) is 0 Å². The van der Waals surface area contributed by atoms with Gasteiger partial charge < -0.3 is 19.1 Å². The number of hydrogen-bond acceptors (Lipinski definition) is 5. The fourth-order valence-corrected chi connectivity index (χ4v) is 5.47. The average molecular weight is 474 g/mol. The highest BCUT2D eigenvalue weighted by Gasteiger charge is 2.52. The Labute approximate surface area is 197 Å². The molecule has 0 N–H and O–H groups in total. The van der Waals surface area contributed by atoms with Gasteiger partial charge >= 0.3 is 5.97 Å². The second kappa shape index (κ2) is 8.29. The van der Waals surface area contributed by atoms with E-state index in [0.717, 1.165) is 37.4 Å². The third-order valence-electron chi connectivity index (χ3n) is 6.84. The number of carbonyl (C=O) groups excluding carboxylic acids is 1. The fourth-order valence-electron chi connectivity index (χ4n) is 5.17. The Morgan fingerprint density at radius 1 is 1.25 bits per heavy atom. The molecule has 2 aliphatic heterocycles. The van der Waals surface area contributed by atoms with Crippen LogP contribution in [0, 0.1) is 5.92 Å². The lowest BCUT2D eigenvalue weighted by atomic mass is 9.67. The fraction of sp³-hybridized carbons (Fsp3) is 0.400. The standard InChI is InChI=1S/C25H25Cl2NO4/c1-28-10-9-25-8-7-15(14-31-24(29)16-3-5-18(26)19(27)12-16)11-21(25)32-23-20(30-2)6-4-17(13-28)22(23)25/h3-8,12,15,21H,9-11,13-14H2,1-2H3/t15-,21?,25-/m0/s1. The Bertz CT molecular complexity index is 1100. The first kappa shape index (κ1) is 21.6. The molecule has 0 saturated heterocycles. The monoisotopic (exact) mass is 473 g/mol. The molecule has 32 heavy (non-hydrogen) atoms. The summed E-state index contributed by atoms with van der Waals surface area (Å²) in [6, 6.07) is 8.91. The van der Waals surface area contributed by atoms with Gasteiger partial charge in [0.25, 0.3) is 0 Å². The number of esters is 1. The average Bonchev–Trinajstić information content (AvgIpc) is 3.05. The van der Waals surface area contributed by atoms with Crippen LogP contribution in [0.1, 0.15) is 34.3 Å². The molecule has 0 radical (unpaired) electrons. The Morgan fingerprint density at radius 2 is 2.09 bits per heavy atom. The third kappa shape index (κ3) is 3.57. The highest BCUT2D eigenvalue weighted by atomic mass is 35.5.